The highest BCUT2D eigenvalue weighted by Crippen LogP contribution is 2.49. The maximum atomic E-state index is 2.53. The highest BCUT2D eigenvalue weighted by atomic mass is 15.0. The molecule has 0 N–H and O–H groups in total. The molecular formula is C45H35N. The van der Waals surface area contributed by atoms with Gasteiger partial charge in [0.05, 0.1) is 10.9 Å². The predicted molar refractivity (Wildman–Crippen MR) is 194 cm³/mol. The summed E-state index contributed by atoms with van der Waals surface area (Å²) in [6.07, 6.45) is 5.99. The van der Waals surface area contributed by atoms with Gasteiger partial charge in [0.1, 0.15) is 0 Å². The predicted octanol–water partition coefficient (Wildman–Crippen LogP) is 10.0. The molecule has 1 heteroatoms. The van der Waals surface area contributed by atoms with Crippen molar-refractivity contribution in [1.29, 1.82) is 0 Å². The minimum Gasteiger partial charge on any atom is -0.310 e. The largest absolute Gasteiger partial charge is 0.310 e. The summed E-state index contributed by atoms with van der Waals surface area (Å²) in [6.45, 7) is 4.71. The summed E-state index contributed by atoms with van der Waals surface area (Å²) in [7, 11) is 0. The Labute approximate surface area is 270 Å². The monoisotopic (exact) mass is 589 g/mol. The van der Waals surface area contributed by atoms with E-state index in [0.717, 1.165) is 6.42 Å². The lowest BCUT2D eigenvalue weighted by atomic mass is 9.81. The number of para-hydroxylation sites is 1. The average molecular weight is 590 g/mol. The fourth-order valence-corrected chi connectivity index (χ4v) is 7.98. The van der Waals surface area contributed by atoms with E-state index in [2.05, 4.69) is 176 Å². The fraction of sp³-hybridized carbons (Fsp3) is 0.111. The van der Waals surface area contributed by atoms with Gasteiger partial charge >= 0.3 is 0 Å². The van der Waals surface area contributed by atoms with Gasteiger partial charge in [0.15, 0.2) is 0 Å². The van der Waals surface area contributed by atoms with Gasteiger partial charge in [-0.3, -0.25) is 0 Å². The molecule has 1 heterocycles. The minimum absolute atomic E-state index is 0.0205. The number of nitrogens with zero attached hydrogens (tertiary/aromatic N) is 1. The van der Waals surface area contributed by atoms with Crippen molar-refractivity contribution in [3.05, 3.63) is 173 Å². The van der Waals surface area contributed by atoms with Gasteiger partial charge in [-0.1, -0.05) is 147 Å². The van der Waals surface area contributed by atoms with Crippen LogP contribution in [0.5, 0.6) is 0 Å². The molecule has 1 aromatic heterocycles. The highest BCUT2D eigenvalue weighted by Gasteiger charge is 2.35. The van der Waals surface area contributed by atoms with Gasteiger partial charge in [-0.2, -0.15) is 0 Å². The number of aromatic nitrogens is 1. The third-order valence-corrected chi connectivity index (χ3v) is 10.3. The first-order valence-electron chi connectivity index (χ1n) is 16.4. The zero-order chi connectivity index (χ0) is 30.8. The maximum absolute atomic E-state index is 2.53. The molecule has 2 aliphatic carbocycles. The van der Waals surface area contributed by atoms with Crippen LogP contribution in [-0.4, -0.2) is 4.57 Å². The molecule has 6 aromatic carbocycles. The second-order valence-corrected chi connectivity index (χ2v) is 13.3. The molecule has 0 amide bonds. The van der Waals surface area contributed by atoms with Gasteiger partial charge in [-0.15, -0.1) is 0 Å². The first-order valence-corrected chi connectivity index (χ1v) is 16.4. The second-order valence-electron chi connectivity index (χ2n) is 13.3. The van der Waals surface area contributed by atoms with E-state index < -0.39 is 0 Å². The molecule has 0 aliphatic heterocycles. The van der Waals surface area contributed by atoms with Crippen molar-refractivity contribution in [2.75, 3.05) is 0 Å². The molecule has 0 bridgehead atoms. The molecule has 0 saturated carbocycles. The Balaban J connectivity index is 1.26. The van der Waals surface area contributed by atoms with E-state index in [-0.39, 0.29) is 5.41 Å². The highest BCUT2D eigenvalue weighted by molar-refractivity contribution is 5.87. The van der Waals surface area contributed by atoms with Crippen LogP contribution in [-0.2, 0) is 5.41 Å². The molecule has 0 spiro atoms. The van der Waals surface area contributed by atoms with Crippen LogP contribution in [0.3, 0.4) is 0 Å². The maximum Gasteiger partial charge on any atom is 0.0540 e. The smallest absolute Gasteiger partial charge is 0.0540 e. The first-order chi connectivity index (χ1) is 22.6. The number of benzene rings is 6. The summed E-state index contributed by atoms with van der Waals surface area (Å²) >= 11 is 0. The second kappa shape index (κ2) is 10.3. The topological polar surface area (TPSA) is 4.93 Å². The van der Waals surface area contributed by atoms with Crippen molar-refractivity contribution in [3.63, 3.8) is 0 Å². The Hall–Kier alpha value is -5.40. The summed E-state index contributed by atoms with van der Waals surface area (Å²) in [5.41, 5.74) is 14.4. The third kappa shape index (κ3) is 4.16. The molecule has 0 fully saturated rings. The number of hydrogen-bond donors (Lipinski definition) is 0. The van der Waals surface area contributed by atoms with Crippen molar-refractivity contribution in [1.82, 2.24) is 4.57 Å². The van der Waals surface area contributed by atoms with Crippen molar-refractivity contribution in [2.45, 2.75) is 31.6 Å². The molecule has 1 unspecified atom stereocenters. The molecule has 0 radical (unpaired) electrons. The van der Waals surface area contributed by atoms with Gasteiger partial charge < -0.3 is 4.57 Å². The lowest BCUT2D eigenvalue weighted by Gasteiger charge is -2.22. The van der Waals surface area contributed by atoms with E-state index in [0.29, 0.717) is 5.92 Å². The normalized spacial score (nSPS) is 15.8. The molecule has 9 rings (SSSR count). The average Bonchev–Trinajstić information content (AvgIpc) is 3.57. The molecule has 1 nitrogen and oxygen atoms in total. The van der Waals surface area contributed by atoms with Crippen LogP contribution in [0, 0.1) is 0 Å². The molecule has 7 aromatic rings. The number of hydrogen-bond acceptors (Lipinski definition) is 0. The summed E-state index contributed by atoms with van der Waals surface area (Å²) in [5, 5.41) is 3.93. The van der Waals surface area contributed by atoms with E-state index in [4.69, 9.17) is 0 Å². The minimum atomic E-state index is 0.0205. The van der Waals surface area contributed by atoms with Crippen molar-refractivity contribution >= 4 is 23.1 Å². The number of rotatable bonds is 4. The van der Waals surface area contributed by atoms with Crippen LogP contribution < -0.4 is 10.6 Å². The molecule has 220 valence electrons. The molecule has 46 heavy (non-hydrogen) atoms. The fourth-order valence-electron chi connectivity index (χ4n) is 7.98. The lowest BCUT2D eigenvalue weighted by Crippen LogP contribution is -2.32. The van der Waals surface area contributed by atoms with Crippen LogP contribution in [0.4, 0.5) is 0 Å². The van der Waals surface area contributed by atoms with Gasteiger partial charge in [-0.05, 0) is 80.8 Å². The van der Waals surface area contributed by atoms with Gasteiger partial charge in [0.2, 0.25) is 0 Å². The summed E-state index contributed by atoms with van der Waals surface area (Å²) < 4.78 is 2.50. The Morgan fingerprint density at radius 1 is 0.565 bits per heavy atom. The van der Waals surface area contributed by atoms with E-state index in [1.165, 1.54) is 77.2 Å². The van der Waals surface area contributed by atoms with Crippen LogP contribution in [0.1, 0.15) is 42.9 Å². The van der Waals surface area contributed by atoms with Crippen LogP contribution in [0.15, 0.2) is 146 Å². The van der Waals surface area contributed by atoms with Crippen LogP contribution in [0.2, 0.25) is 0 Å². The summed E-state index contributed by atoms with van der Waals surface area (Å²) in [5.74, 6) is 0.294. The molecular weight excluding hydrogens is 555 g/mol. The lowest BCUT2D eigenvalue weighted by molar-refractivity contribution is 0.660. The van der Waals surface area contributed by atoms with E-state index >= 15 is 0 Å². The molecule has 1 atom stereocenters. The van der Waals surface area contributed by atoms with Gasteiger partial charge in [-0.25, -0.2) is 0 Å². The Kier molecular flexibility index (Phi) is 6.05. The SMILES string of the molecule is CC1(C)c2ccccc2-c2cc(C3C=c4c(c5ccccc5n4-c4cc(-c5ccccc5)cc(-c5ccccc5)c4)=CC3)ccc21. The van der Waals surface area contributed by atoms with Crippen LogP contribution >= 0.6 is 0 Å². The molecule has 0 saturated heterocycles. The van der Waals surface area contributed by atoms with Gasteiger partial charge in [0, 0.05) is 27.6 Å². The van der Waals surface area contributed by atoms with E-state index in [9.17, 15) is 0 Å². The summed E-state index contributed by atoms with van der Waals surface area (Å²) in [6, 6.07) is 53.6. The van der Waals surface area contributed by atoms with Crippen LogP contribution in [0.25, 0.3) is 62.1 Å². The zero-order valence-corrected chi connectivity index (χ0v) is 26.2. The standard InChI is InChI=1S/C45H35N/c1-45(2)41-19-11-9-17-37(41)40-28-32(22-24-42(40)45)33-21-23-39-38-18-10-12-20-43(38)46(44(39)29-33)36-26-34(30-13-5-3-6-14-30)25-35(27-36)31-15-7-4-8-16-31/h3-20,22-29,33H,21H2,1-2H3. The third-order valence-electron chi connectivity index (χ3n) is 10.3. The zero-order valence-electron chi connectivity index (χ0n) is 26.2. The van der Waals surface area contributed by atoms with E-state index in [1.54, 1.807) is 0 Å². The van der Waals surface area contributed by atoms with Gasteiger partial charge in [0.25, 0.3) is 0 Å². The summed E-state index contributed by atoms with van der Waals surface area (Å²) in [4.78, 5) is 0. The Bertz CT molecular complexity index is 2350. The van der Waals surface area contributed by atoms with Crippen molar-refractivity contribution in [2.24, 2.45) is 0 Å². The molecule has 2 aliphatic rings. The number of fused-ring (bicyclic) bond motifs is 6. The Morgan fingerprint density at radius 3 is 1.93 bits per heavy atom. The quantitative estimate of drug-likeness (QED) is 0.193. The van der Waals surface area contributed by atoms with Crippen molar-refractivity contribution in [3.8, 4) is 39.1 Å². The Morgan fingerprint density at radius 2 is 1.20 bits per heavy atom. The first kappa shape index (κ1) is 27.0. The van der Waals surface area contributed by atoms with Crippen molar-refractivity contribution < 1.29 is 0 Å². The van der Waals surface area contributed by atoms with E-state index in [1.807, 2.05) is 0 Å².